The van der Waals surface area contributed by atoms with Crippen LogP contribution >= 0.6 is 0 Å². The molecule has 0 saturated heterocycles. The highest BCUT2D eigenvalue weighted by Crippen LogP contribution is 2.35. The molecule has 0 bridgehead atoms. The van der Waals surface area contributed by atoms with Crippen LogP contribution in [0.1, 0.15) is 12.5 Å². The van der Waals surface area contributed by atoms with E-state index in [9.17, 15) is 0 Å². The van der Waals surface area contributed by atoms with Gasteiger partial charge in [-0.1, -0.05) is 12.1 Å². The fraction of sp³-hybridized carbons (Fsp3) is 0.188. The van der Waals surface area contributed by atoms with E-state index in [0.717, 1.165) is 11.4 Å². The zero-order chi connectivity index (χ0) is 14.5. The molecule has 0 aliphatic rings. The molecule has 2 aromatic carbocycles. The number of anilines is 3. The number of rotatable bonds is 4. The monoisotopic (exact) mass is 267 g/mol. The molecule has 0 radical (unpaired) electrons. The quantitative estimate of drug-likeness (QED) is 0.863. The zero-order valence-corrected chi connectivity index (χ0v) is 11.6. The standard InChI is InChI=1S/C16H17N3O/c1-3-20-15-9-5-8-14(16(15)18)19(2)13-7-4-6-12(10-13)11-17/h4-10H,3,18H2,1-2H3. The lowest BCUT2D eigenvalue weighted by Crippen LogP contribution is -2.12. The van der Waals surface area contributed by atoms with Crippen molar-refractivity contribution in [1.82, 2.24) is 0 Å². The van der Waals surface area contributed by atoms with E-state index >= 15 is 0 Å². The second-order valence-corrected chi connectivity index (χ2v) is 4.34. The predicted octanol–water partition coefficient (Wildman–Crippen LogP) is 3.31. The van der Waals surface area contributed by atoms with E-state index in [1.54, 1.807) is 6.07 Å². The molecule has 102 valence electrons. The molecule has 20 heavy (non-hydrogen) atoms. The van der Waals surface area contributed by atoms with Crippen LogP contribution < -0.4 is 15.4 Å². The van der Waals surface area contributed by atoms with Crippen LogP contribution in [-0.2, 0) is 0 Å². The van der Waals surface area contributed by atoms with Gasteiger partial charge >= 0.3 is 0 Å². The largest absolute Gasteiger partial charge is 0.492 e. The number of nitrogens with zero attached hydrogens (tertiary/aromatic N) is 2. The Morgan fingerprint density at radius 3 is 2.70 bits per heavy atom. The molecule has 2 N–H and O–H groups in total. The van der Waals surface area contributed by atoms with E-state index in [2.05, 4.69) is 6.07 Å². The Labute approximate surface area is 119 Å². The normalized spacial score (nSPS) is 9.85. The van der Waals surface area contributed by atoms with E-state index < -0.39 is 0 Å². The number of benzene rings is 2. The molecule has 0 atom stereocenters. The summed E-state index contributed by atoms with van der Waals surface area (Å²) in [7, 11) is 1.91. The Bertz CT molecular complexity index is 646. The molecular weight excluding hydrogens is 250 g/mol. The fourth-order valence-electron chi connectivity index (χ4n) is 2.03. The summed E-state index contributed by atoms with van der Waals surface area (Å²) in [6.07, 6.45) is 0. The van der Waals surface area contributed by atoms with Crippen LogP contribution in [0.25, 0.3) is 0 Å². The van der Waals surface area contributed by atoms with E-state index in [1.807, 2.05) is 55.3 Å². The molecule has 0 fully saturated rings. The second kappa shape index (κ2) is 5.98. The smallest absolute Gasteiger partial charge is 0.144 e. The van der Waals surface area contributed by atoms with Gasteiger partial charge in [-0.2, -0.15) is 5.26 Å². The highest BCUT2D eigenvalue weighted by Gasteiger charge is 2.11. The zero-order valence-electron chi connectivity index (χ0n) is 11.6. The van der Waals surface area contributed by atoms with Crippen molar-refractivity contribution in [2.75, 3.05) is 24.3 Å². The summed E-state index contributed by atoms with van der Waals surface area (Å²) in [5.74, 6) is 0.674. The average Bonchev–Trinajstić information content (AvgIpc) is 2.49. The summed E-state index contributed by atoms with van der Waals surface area (Å²) in [6, 6.07) is 15.2. The molecule has 0 aliphatic heterocycles. The van der Waals surface area contributed by atoms with Crippen LogP contribution in [0.3, 0.4) is 0 Å². The lowest BCUT2D eigenvalue weighted by Gasteiger charge is -2.22. The van der Waals surface area contributed by atoms with Crippen molar-refractivity contribution < 1.29 is 4.74 Å². The van der Waals surface area contributed by atoms with Crippen molar-refractivity contribution in [2.45, 2.75) is 6.92 Å². The van der Waals surface area contributed by atoms with Crippen LogP contribution in [0.4, 0.5) is 17.1 Å². The Hall–Kier alpha value is -2.67. The van der Waals surface area contributed by atoms with E-state index in [4.69, 9.17) is 15.7 Å². The molecule has 0 heterocycles. The van der Waals surface area contributed by atoms with Crippen molar-refractivity contribution in [3.63, 3.8) is 0 Å². The van der Waals surface area contributed by atoms with Gasteiger partial charge in [0, 0.05) is 12.7 Å². The molecule has 4 heteroatoms. The van der Waals surface area contributed by atoms with Crippen molar-refractivity contribution in [3.8, 4) is 11.8 Å². The number of ether oxygens (including phenoxy) is 1. The molecule has 0 saturated carbocycles. The number of hydrogen-bond donors (Lipinski definition) is 1. The van der Waals surface area contributed by atoms with Gasteiger partial charge in [-0.15, -0.1) is 0 Å². The third-order valence-electron chi connectivity index (χ3n) is 3.07. The highest BCUT2D eigenvalue weighted by atomic mass is 16.5. The van der Waals surface area contributed by atoms with Gasteiger partial charge in [0.1, 0.15) is 5.75 Å². The predicted molar refractivity (Wildman–Crippen MR) is 81.2 cm³/mol. The van der Waals surface area contributed by atoms with Gasteiger partial charge in [0.15, 0.2) is 0 Å². The third kappa shape index (κ3) is 2.67. The molecule has 0 unspecified atom stereocenters. The minimum atomic E-state index is 0.571. The lowest BCUT2D eigenvalue weighted by atomic mass is 10.1. The fourth-order valence-corrected chi connectivity index (χ4v) is 2.03. The summed E-state index contributed by atoms with van der Waals surface area (Å²) < 4.78 is 5.50. The third-order valence-corrected chi connectivity index (χ3v) is 3.07. The van der Waals surface area contributed by atoms with Gasteiger partial charge < -0.3 is 15.4 Å². The van der Waals surface area contributed by atoms with E-state index in [0.29, 0.717) is 23.6 Å². The first kappa shape index (κ1) is 13.8. The number of hydrogen-bond acceptors (Lipinski definition) is 4. The maximum Gasteiger partial charge on any atom is 0.144 e. The topological polar surface area (TPSA) is 62.3 Å². The van der Waals surface area contributed by atoms with E-state index in [1.165, 1.54) is 0 Å². The lowest BCUT2D eigenvalue weighted by molar-refractivity contribution is 0.342. The summed E-state index contributed by atoms with van der Waals surface area (Å²) >= 11 is 0. The Balaban J connectivity index is 2.40. The average molecular weight is 267 g/mol. The molecule has 4 nitrogen and oxygen atoms in total. The van der Waals surface area contributed by atoms with Gasteiger partial charge in [-0.05, 0) is 37.3 Å². The van der Waals surface area contributed by atoms with Crippen LogP contribution in [0, 0.1) is 11.3 Å². The number of nitrogen functional groups attached to an aromatic ring is 1. The molecule has 2 aromatic rings. The van der Waals surface area contributed by atoms with Gasteiger partial charge in [0.25, 0.3) is 0 Å². The summed E-state index contributed by atoms with van der Waals surface area (Å²) in [6.45, 7) is 2.49. The van der Waals surface area contributed by atoms with Crippen LogP contribution in [0.2, 0.25) is 0 Å². The minimum Gasteiger partial charge on any atom is -0.492 e. The van der Waals surface area contributed by atoms with Gasteiger partial charge in [0.2, 0.25) is 0 Å². The van der Waals surface area contributed by atoms with Gasteiger partial charge in [-0.25, -0.2) is 0 Å². The van der Waals surface area contributed by atoms with Crippen molar-refractivity contribution >= 4 is 17.1 Å². The summed E-state index contributed by atoms with van der Waals surface area (Å²) in [4.78, 5) is 1.94. The minimum absolute atomic E-state index is 0.571. The molecular formula is C16H17N3O. The molecule has 2 rings (SSSR count). The second-order valence-electron chi connectivity index (χ2n) is 4.34. The van der Waals surface area contributed by atoms with Crippen LogP contribution in [0.15, 0.2) is 42.5 Å². The Morgan fingerprint density at radius 2 is 2.00 bits per heavy atom. The first-order chi connectivity index (χ1) is 9.67. The highest BCUT2D eigenvalue weighted by molar-refractivity contribution is 5.79. The molecule has 0 spiro atoms. The van der Waals surface area contributed by atoms with E-state index in [-0.39, 0.29) is 0 Å². The number of para-hydroxylation sites is 1. The number of nitrogens with two attached hydrogens (primary N) is 1. The maximum absolute atomic E-state index is 8.97. The van der Waals surface area contributed by atoms with Gasteiger partial charge in [0.05, 0.1) is 29.6 Å². The van der Waals surface area contributed by atoms with Crippen molar-refractivity contribution in [2.24, 2.45) is 0 Å². The van der Waals surface area contributed by atoms with Crippen LogP contribution in [0.5, 0.6) is 5.75 Å². The van der Waals surface area contributed by atoms with Crippen LogP contribution in [-0.4, -0.2) is 13.7 Å². The SMILES string of the molecule is CCOc1cccc(N(C)c2cccc(C#N)c2)c1N. The molecule has 0 aromatic heterocycles. The Kier molecular flexibility index (Phi) is 4.11. The molecule has 0 amide bonds. The maximum atomic E-state index is 8.97. The first-order valence-electron chi connectivity index (χ1n) is 6.42. The van der Waals surface area contributed by atoms with Crippen molar-refractivity contribution in [3.05, 3.63) is 48.0 Å². The van der Waals surface area contributed by atoms with Crippen molar-refractivity contribution in [1.29, 1.82) is 5.26 Å². The van der Waals surface area contributed by atoms with Gasteiger partial charge in [-0.3, -0.25) is 0 Å². The first-order valence-corrected chi connectivity index (χ1v) is 6.42. The summed E-state index contributed by atoms with van der Waals surface area (Å²) in [5.41, 5.74) is 9.12. The summed E-state index contributed by atoms with van der Waals surface area (Å²) in [5, 5.41) is 8.97. The molecule has 0 aliphatic carbocycles. The Morgan fingerprint density at radius 1 is 1.25 bits per heavy atom. The number of nitriles is 1.